The molecule has 4 heteroatoms. The molecule has 1 aliphatic rings. The van der Waals surface area contributed by atoms with Crippen LogP contribution in [0.4, 0.5) is 10.1 Å². The zero-order valence-electron chi connectivity index (χ0n) is 9.74. The second kappa shape index (κ2) is 5.15. The highest BCUT2D eigenvalue weighted by Crippen LogP contribution is 2.21. The van der Waals surface area contributed by atoms with Crippen molar-refractivity contribution in [1.29, 1.82) is 5.26 Å². The number of anilines is 1. The van der Waals surface area contributed by atoms with Crippen LogP contribution in [0.2, 0.25) is 0 Å². The molecule has 0 saturated carbocycles. The molecule has 1 heterocycles. The van der Waals surface area contributed by atoms with Crippen LogP contribution in [0.25, 0.3) is 0 Å². The van der Waals surface area contributed by atoms with E-state index < -0.39 is 5.82 Å². The summed E-state index contributed by atoms with van der Waals surface area (Å²) in [5.41, 5.74) is 0.785. The lowest BCUT2D eigenvalue weighted by atomic mass is 10.0. The highest BCUT2D eigenvalue weighted by atomic mass is 19.1. The highest BCUT2D eigenvalue weighted by Gasteiger charge is 2.22. The van der Waals surface area contributed by atoms with E-state index in [2.05, 4.69) is 12.2 Å². The van der Waals surface area contributed by atoms with E-state index in [-0.39, 0.29) is 11.6 Å². The molecule has 1 aromatic carbocycles. The van der Waals surface area contributed by atoms with Crippen molar-refractivity contribution in [3.05, 3.63) is 29.6 Å². The fraction of sp³-hybridized carbons (Fsp3) is 0.462. The topological polar surface area (TPSA) is 45.0 Å². The Hall–Kier alpha value is -1.60. The molecule has 1 fully saturated rings. The Bertz CT molecular complexity index is 436. The van der Waals surface area contributed by atoms with E-state index in [1.165, 1.54) is 12.1 Å². The molecule has 90 valence electrons. The number of rotatable bonds is 3. The molecule has 17 heavy (non-hydrogen) atoms. The Balaban J connectivity index is 2.03. The van der Waals surface area contributed by atoms with Crippen LogP contribution in [0.5, 0.6) is 0 Å². The van der Waals surface area contributed by atoms with E-state index in [9.17, 15) is 4.39 Å². The van der Waals surface area contributed by atoms with E-state index in [1.54, 1.807) is 6.07 Å². The average Bonchev–Trinajstić information content (AvgIpc) is 2.82. The highest BCUT2D eigenvalue weighted by molar-refractivity contribution is 5.48. The first-order chi connectivity index (χ1) is 8.20. The summed E-state index contributed by atoms with van der Waals surface area (Å²) in [5.74, 6) is -0.0129. The lowest BCUT2D eigenvalue weighted by Gasteiger charge is -2.20. The van der Waals surface area contributed by atoms with Crippen molar-refractivity contribution in [2.75, 3.05) is 18.5 Å². The molecule has 0 aromatic heterocycles. The first kappa shape index (κ1) is 11.9. The van der Waals surface area contributed by atoms with E-state index in [4.69, 9.17) is 10.00 Å². The van der Waals surface area contributed by atoms with Gasteiger partial charge in [0.2, 0.25) is 0 Å². The molecule has 0 radical (unpaired) electrons. The minimum absolute atomic E-state index is 0.0763. The van der Waals surface area contributed by atoms with Gasteiger partial charge in [-0.15, -0.1) is 0 Å². The van der Waals surface area contributed by atoms with Gasteiger partial charge in [-0.25, -0.2) is 4.39 Å². The van der Waals surface area contributed by atoms with E-state index >= 15 is 0 Å². The second-order valence-electron chi connectivity index (χ2n) is 4.36. The van der Waals surface area contributed by atoms with Crippen LogP contribution in [-0.2, 0) is 4.74 Å². The van der Waals surface area contributed by atoms with Crippen LogP contribution in [-0.4, -0.2) is 19.3 Å². The van der Waals surface area contributed by atoms with Gasteiger partial charge in [-0.05, 0) is 31.5 Å². The van der Waals surface area contributed by atoms with Crippen molar-refractivity contribution >= 4 is 5.69 Å². The molecule has 0 spiro atoms. The van der Waals surface area contributed by atoms with Gasteiger partial charge in [-0.1, -0.05) is 0 Å². The Labute approximate surface area is 100 Å². The van der Waals surface area contributed by atoms with Gasteiger partial charge >= 0.3 is 0 Å². The molecule has 0 bridgehead atoms. The van der Waals surface area contributed by atoms with Crippen molar-refractivity contribution in [1.82, 2.24) is 0 Å². The van der Waals surface area contributed by atoms with Crippen LogP contribution in [0, 0.1) is 23.1 Å². The van der Waals surface area contributed by atoms with Crippen LogP contribution >= 0.6 is 0 Å². The minimum Gasteiger partial charge on any atom is -0.382 e. The lowest BCUT2D eigenvalue weighted by molar-refractivity contribution is 0.183. The lowest BCUT2D eigenvalue weighted by Crippen LogP contribution is -2.26. The third-order valence-electron chi connectivity index (χ3n) is 3.16. The van der Waals surface area contributed by atoms with Gasteiger partial charge in [-0.2, -0.15) is 5.26 Å². The predicted molar refractivity (Wildman–Crippen MR) is 63.1 cm³/mol. The van der Waals surface area contributed by atoms with Gasteiger partial charge in [0, 0.05) is 24.3 Å². The smallest absolute Gasteiger partial charge is 0.143 e. The number of ether oxygens (including phenoxy) is 1. The van der Waals surface area contributed by atoms with Crippen molar-refractivity contribution in [2.24, 2.45) is 5.92 Å². The van der Waals surface area contributed by atoms with Crippen molar-refractivity contribution in [2.45, 2.75) is 19.4 Å². The number of hydrogen-bond acceptors (Lipinski definition) is 3. The summed E-state index contributed by atoms with van der Waals surface area (Å²) in [6.45, 7) is 3.63. The van der Waals surface area contributed by atoms with E-state index in [0.717, 1.165) is 19.6 Å². The quantitative estimate of drug-likeness (QED) is 0.874. The van der Waals surface area contributed by atoms with Crippen molar-refractivity contribution in [3.63, 3.8) is 0 Å². The molecule has 3 nitrogen and oxygen atoms in total. The third kappa shape index (κ3) is 2.75. The molecule has 0 amide bonds. The molecular weight excluding hydrogens is 219 g/mol. The number of halogens is 1. The van der Waals surface area contributed by atoms with Gasteiger partial charge in [0.1, 0.15) is 11.9 Å². The number of nitrogens with one attached hydrogen (secondary N) is 1. The molecule has 0 aliphatic carbocycles. The first-order valence-corrected chi connectivity index (χ1v) is 5.74. The molecule has 1 aliphatic heterocycles. The maximum absolute atomic E-state index is 13.4. The van der Waals surface area contributed by atoms with Gasteiger partial charge in [0.25, 0.3) is 0 Å². The number of nitriles is 1. The Morgan fingerprint density at radius 1 is 1.59 bits per heavy atom. The predicted octanol–water partition coefficient (Wildman–Crippen LogP) is 2.53. The SMILES string of the molecule is CC(Nc1ccc(C#N)c(F)c1)C1CCOC1. The summed E-state index contributed by atoms with van der Waals surface area (Å²) in [6, 6.07) is 6.64. The van der Waals surface area contributed by atoms with Crippen molar-refractivity contribution < 1.29 is 9.13 Å². The van der Waals surface area contributed by atoms with Crippen LogP contribution < -0.4 is 5.32 Å². The largest absolute Gasteiger partial charge is 0.382 e. The third-order valence-corrected chi connectivity index (χ3v) is 3.16. The van der Waals surface area contributed by atoms with E-state index in [1.807, 2.05) is 6.07 Å². The van der Waals surface area contributed by atoms with Gasteiger partial charge in [-0.3, -0.25) is 0 Å². The maximum Gasteiger partial charge on any atom is 0.143 e. The summed E-state index contributed by atoms with van der Waals surface area (Å²) < 4.78 is 18.7. The Morgan fingerprint density at radius 3 is 3.00 bits per heavy atom. The first-order valence-electron chi connectivity index (χ1n) is 5.74. The van der Waals surface area contributed by atoms with Gasteiger partial charge in [0.15, 0.2) is 0 Å². The van der Waals surface area contributed by atoms with Gasteiger partial charge in [0.05, 0.1) is 12.2 Å². The fourth-order valence-corrected chi connectivity index (χ4v) is 2.02. The molecule has 1 N–H and O–H groups in total. The summed E-state index contributed by atoms with van der Waals surface area (Å²) in [5, 5.41) is 11.9. The summed E-state index contributed by atoms with van der Waals surface area (Å²) in [7, 11) is 0. The fourth-order valence-electron chi connectivity index (χ4n) is 2.02. The van der Waals surface area contributed by atoms with Crippen molar-refractivity contribution in [3.8, 4) is 6.07 Å². The summed E-state index contributed by atoms with van der Waals surface area (Å²) in [6.07, 6.45) is 1.03. The molecule has 1 saturated heterocycles. The molecule has 2 rings (SSSR count). The zero-order valence-corrected chi connectivity index (χ0v) is 9.74. The standard InChI is InChI=1S/C13H15FN2O/c1-9(11-4-5-17-8-11)16-12-3-2-10(7-15)13(14)6-12/h2-3,6,9,11,16H,4-5,8H2,1H3. The number of benzene rings is 1. The molecule has 2 atom stereocenters. The second-order valence-corrected chi connectivity index (χ2v) is 4.36. The van der Waals surface area contributed by atoms with Crippen LogP contribution in [0.3, 0.4) is 0 Å². The maximum atomic E-state index is 13.4. The monoisotopic (exact) mass is 234 g/mol. The molecule has 1 aromatic rings. The molecule has 2 unspecified atom stereocenters. The molecular formula is C13H15FN2O. The normalized spacial score (nSPS) is 20.9. The summed E-state index contributed by atoms with van der Waals surface area (Å²) in [4.78, 5) is 0. The number of nitrogens with zero attached hydrogens (tertiary/aromatic N) is 1. The van der Waals surface area contributed by atoms with Gasteiger partial charge < -0.3 is 10.1 Å². The number of hydrogen-bond donors (Lipinski definition) is 1. The van der Waals surface area contributed by atoms with Crippen LogP contribution in [0.1, 0.15) is 18.9 Å². The average molecular weight is 234 g/mol. The summed E-state index contributed by atoms with van der Waals surface area (Å²) >= 11 is 0. The Morgan fingerprint density at radius 2 is 2.41 bits per heavy atom. The Kier molecular flexibility index (Phi) is 3.60. The van der Waals surface area contributed by atoms with Crippen LogP contribution in [0.15, 0.2) is 18.2 Å². The minimum atomic E-state index is -0.479. The zero-order chi connectivity index (χ0) is 12.3. The van der Waals surface area contributed by atoms with E-state index in [0.29, 0.717) is 11.6 Å².